The second kappa shape index (κ2) is 6.26. The molecule has 1 aromatic carbocycles. The summed E-state index contributed by atoms with van der Waals surface area (Å²) in [6, 6.07) is 6.99. The van der Waals surface area contributed by atoms with Crippen molar-refractivity contribution in [2.75, 3.05) is 11.5 Å². The van der Waals surface area contributed by atoms with Crippen LogP contribution < -0.4 is 17.2 Å². The van der Waals surface area contributed by atoms with Gasteiger partial charge in [0.15, 0.2) is 0 Å². The van der Waals surface area contributed by atoms with Crippen molar-refractivity contribution in [1.29, 1.82) is 0 Å². The van der Waals surface area contributed by atoms with E-state index >= 15 is 0 Å². The van der Waals surface area contributed by atoms with E-state index in [0.717, 1.165) is 22.4 Å². The number of hydrogen-bond acceptors (Lipinski definition) is 5. The van der Waals surface area contributed by atoms with Crippen molar-refractivity contribution in [3.05, 3.63) is 34.5 Å². The summed E-state index contributed by atoms with van der Waals surface area (Å²) in [7, 11) is 0. The number of nitrogens with two attached hydrogens (primary N) is 3. The first kappa shape index (κ1) is 14.8. The highest BCUT2D eigenvalue weighted by Crippen LogP contribution is 2.37. The first-order valence-electron chi connectivity index (χ1n) is 6.71. The monoisotopic (exact) mass is 291 g/mol. The minimum absolute atomic E-state index is 0.397. The van der Waals surface area contributed by atoms with Crippen LogP contribution in [-0.4, -0.2) is 11.2 Å². The molecule has 0 amide bonds. The van der Waals surface area contributed by atoms with E-state index < -0.39 is 12.1 Å². The van der Waals surface area contributed by atoms with Crippen molar-refractivity contribution in [2.45, 2.75) is 31.9 Å². The molecular formula is C15H21N3OS. The van der Waals surface area contributed by atoms with E-state index in [0.29, 0.717) is 17.8 Å². The molecule has 108 valence electrons. The van der Waals surface area contributed by atoms with Gasteiger partial charge in [0, 0.05) is 21.8 Å². The summed E-state index contributed by atoms with van der Waals surface area (Å²) in [5.41, 5.74) is 21.2. The topological polar surface area (TPSA) is 98.3 Å². The van der Waals surface area contributed by atoms with Gasteiger partial charge in [0.25, 0.3) is 0 Å². The Kier molecular flexibility index (Phi) is 4.65. The Hall–Kier alpha value is -1.56. The smallest absolute Gasteiger partial charge is 0.0740 e. The lowest BCUT2D eigenvalue weighted by Crippen LogP contribution is -2.25. The highest BCUT2D eigenvalue weighted by molar-refractivity contribution is 7.10. The molecule has 2 unspecified atom stereocenters. The highest BCUT2D eigenvalue weighted by atomic mass is 32.1. The van der Waals surface area contributed by atoms with Gasteiger partial charge in [-0.15, -0.1) is 11.3 Å². The number of anilines is 2. The van der Waals surface area contributed by atoms with Crippen LogP contribution in [0.3, 0.4) is 0 Å². The van der Waals surface area contributed by atoms with Crippen LogP contribution in [0.25, 0.3) is 11.1 Å². The zero-order chi connectivity index (χ0) is 14.7. The lowest BCUT2D eigenvalue weighted by atomic mass is 9.97. The standard InChI is InChI=1S/C15H21N3OS/c1-2-3-13(19)14(18)15-10(6-7-20-15)11-8-9(16)4-5-12(11)17/h4-8,13-14,19H,2-3,16-18H2,1H3. The second-order valence-electron chi connectivity index (χ2n) is 4.93. The van der Waals surface area contributed by atoms with Crippen molar-refractivity contribution in [3.8, 4) is 11.1 Å². The lowest BCUT2D eigenvalue weighted by Gasteiger charge is -2.19. The van der Waals surface area contributed by atoms with E-state index in [1.54, 1.807) is 12.1 Å². The van der Waals surface area contributed by atoms with Crippen LogP contribution in [0.15, 0.2) is 29.6 Å². The molecule has 2 atom stereocenters. The summed E-state index contributed by atoms with van der Waals surface area (Å²) in [6.45, 7) is 2.03. The van der Waals surface area contributed by atoms with Crippen LogP contribution in [0, 0.1) is 0 Å². The SMILES string of the molecule is CCCC(O)C(N)c1sccc1-c1cc(N)ccc1N. The molecular weight excluding hydrogens is 270 g/mol. The minimum atomic E-state index is -0.542. The number of benzene rings is 1. The molecule has 5 heteroatoms. The van der Waals surface area contributed by atoms with E-state index in [-0.39, 0.29) is 0 Å². The van der Waals surface area contributed by atoms with Gasteiger partial charge in [-0.3, -0.25) is 0 Å². The summed E-state index contributed by atoms with van der Waals surface area (Å²) < 4.78 is 0. The maximum Gasteiger partial charge on any atom is 0.0740 e. The molecule has 2 aromatic rings. The van der Waals surface area contributed by atoms with Gasteiger partial charge in [-0.25, -0.2) is 0 Å². The Balaban J connectivity index is 2.40. The van der Waals surface area contributed by atoms with E-state index in [9.17, 15) is 5.11 Å². The third-order valence-electron chi connectivity index (χ3n) is 3.36. The van der Waals surface area contributed by atoms with Crippen molar-refractivity contribution in [3.63, 3.8) is 0 Å². The molecule has 0 aliphatic carbocycles. The molecule has 2 rings (SSSR count). The van der Waals surface area contributed by atoms with Crippen LogP contribution in [-0.2, 0) is 0 Å². The van der Waals surface area contributed by atoms with Gasteiger partial charge < -0.3 is 22.3 Å². The van der Waals surface area contributed by atoms with Crippen molar-refractivity contribution in [1.82, 2.24) is 0 Å². The highest BCUT2D eigenvalue weighted by Gasteiger charge is 2.21. The Labute approximate surface area is 123 Å². The Morgan fingerprint density at radius 1 is 1.20 bits per heavy atom. The quantitative estimate of drug-likeness (QED) is 0.637. The number of rotatable bonds is 5. The molecule has 4 nitrogen and oxygen atoms in total. The van der Waals surface area contributed by atoms with Gasteiger partial charge in [0.05, 0.1) is 12.1 Å². The number of aliphatic hydroxyl groups is 1. The molecule has 0 bridgehead atoms. The zero-order valence-electron chi connectivity index (χ0n) is 11.5. The maximum atomic E-state index is 10.1. The molecule has 0 aliphatic heterocycles. The summed E-state index contributed by atoms with van der Waals surface area (Å²) >= 11 is 1.54. The maximum absolute atomic E-state index is 10.1. The molecule has 0 fully saturated rings. The number of nitrogen functional groups attached to an aromatic ring is 2. The van der Waals surface area contributed by atoms with Crippen LogP contribution in [0.5, 0.6) is 0 Å². The van der Waals surface area contributed by atoms with Crippen LogP contribution in [0.4, 0.5) is 11.4 Å². The van der Waals surface area contributed by atoms with Crippen molar-refractivity contribution >= 4 is 22.7 Å². The Morgan fingerprint density at radius 3 is 2.65 bits per heavy atom. The average Bonchev–Trinajstić information content (AvgIpc) is 2.90. The van der Waals surface area contributed by atoms with Gasteiger partial charge in [-0.05, 0) is 41.6 Å². The fourth-order valence-electron chi connectivity index (χ4n) is 2.26. The molecule has 0 aliphatic rings. The number of aliphatic hydroxyl groups excluding tert-OH is 1. The van der Waals surface area contributed by atoms with Crippen LogP contribution in [0.2, 0.25) is 0 Å². The number of hydrogen-bond donors (Lipinski definition) is 4. The first-order valence-corrected chi connectivity index (χ1v) is 7.59. The summed E-state index contributed by atoms with van der Waals surface area (Å²) in [4.78, 5) is 0.947. The second-order valence-corrected chi connectivity index (χ2v) is 5.87. The summed E-state index contributed by atoms with van der Waals surface area (Å²) in [5, 5.41) is 12.1. The van der Waals surface area contributed by atoms with Crippen molar-refractivity contribution in [2.24, 2.45) is 5.73 Å². The number of thiophene rings is 1. The predicted octanol–water partition coefficient (Wildman–Crippen LogP) is 2.74. The fraction of sp³-hybridized carbons (Fsp3) is 0.333. The Morgan fingerprint density at radius 2 is 1.95 bits per heavy atom. The van der Waals surface area contributed by atoms with Gasteiger partial charge in [0.1, 0.15) is 0 Å². The van der Waals surface area contributed by atoms with E-state index in [1.165, 1.54) is 11.3 Å². The minimum Gasteiger partial charge on any atom is -0.399 e. The van der Waals surface area contributed by atoms with Gasteiger partial charge in [-0.2, -0.15) is 0 Å². The van der Waals surface area contributed by atoms with Gasteiger partial charge in [-0.1, -0.05) is 13.3 Å². The largest absolute Gasteiger partial charge is 0.399 e. The molecule has 1 heterocycles. The summed E-state index contributed by atoms with van der Waals surface area (Å²) in [5.74, 6) is 0. The summed E-state index contributed by atoms with van der Waals surface area (Å²) in [6.07, 6.45) is 1.04. The Bertz CT molecular complexity index is 582. The zero-order valence-corrected chi connectivity index (χ0v) is 12.4. The lowest BCUT2D eigenvalue weighted by molar-refractivity contribution is 0.136. The molecule has 0 radical (unpaired) electrons. The van der Waals surface area contributed by atoms with Gasteiger partial charge in [0.2, 0.25) is 0 Å². The molecule has 0 spiro atoms. The molecule has 0 saturated carbocycles. The molecule has 20 heavy (non-hydrogen) atoms. The molecule has 0 saturated heterocycles. The third kappa shape index (κ3) is 2.95. The van der Waals surface area contributed by atoms with Crippen LogP contribution >= 0.6 is 11.3 Å². The normalized spacial score (nSPS) is 14.2. The third-order valence-corrected chi connectivity index (χ3v) is 4.38. The van der Waals surface area contributed by atoms with Crippen molar-refractivity contribution < 1.29 is 5.11 Å². The van der Waals surface area contributed by atoms with E-state index in [1.807, 2.05) is 24.4 Å². The fourth-order valence-corrected chi connectivity index (χ4v) is 3.23. The molecule has 7 N–H and O–H groups in total. The first-order chi connectivity index (χ1) is 9.54. The van der Waals surface area contributed by atoms with E-state index in [4.69, 9.17) is 17.2 Å². The van der Waals surface area contributed by atoms with E-state index in [2.05, 4.69) is 0 Å². The predicted molar refractivity (Wildman–Crippen MR) is 86.4 cm³/mol. The van der Waals surface area contributed by atoms with Gasteiger partial charge >= 0.3 is 0 Å². The molecule has 1 aromatic heterocycles. The average molecular weight is 291 g/mol. The van der Waals surface area contributed by atoms with Crippen LogP contribution in [0.1, 0.15) is 30.7 Å².